The van der Waals surface area contributed by atoms with E-state index in [1.165, 1.54) is 0 Å². The fourth-order valence-corrected chi connectivity index (χ4v) is 4.60. The molecule has 0 atom stereocenters. The molecule has 0 radical (unpaired) electrons. The number of nitrogens with one attached hydrogen (secondary N) is 1. The zero-order valence-corrected chi connectivity index (χ0v) is 20.6. The summed E-state index contributed by atoms with van der Waals surface area (Å²) in [7, 11) is 0. The zero-order valence-electron chi connectivity index (χ0n) is 20.6. The summed E-state index contributed by atoms with van der Waals surface area (Å²) in [5.74, 6) is -4.28. The van der Waals surface area contributed by atoms with Crippen LogP contribution in [0, 0.1) is 0 Å². The second kappa shape index (κ2) is 9.63. The minimum atomic E-state index is -0.990. The fraction of sp³-hybridized carbons (Fsp3) is 0.0323. The highest BCUT2D eigenvalue weighted by Crippen LogP contribution is 2.54. The van der Waals surface area contributed by atoms with E-state index in [1.807, 2.05) is 49.4 Å². The summed E-state index contributed by atoms with van der Waals surface area (Å²) in [5, 5.41) is 55.3. The predicted molar refractivity (Wildman–Crippen MR) is 152 cm³/mol. The van der Waals surface area contributed by atoms with Gasteiger partial charge in [-0.3, -0.25) is 0 Å². The molecule has 0 saturated carbocycles. The Kier molecular flexibility index (Phi) is 6.18. The van der Waals surface area contributed by atoms with Crippen molar-refractivity contribution in [3.63, 3.8) is 0 Å². The monoisotopic (exact) mass is 506 g/mol. The number of hydrogen-bond donors (Lipinski definition) is 6. The molecule has 7 heteroatoms. The Morgan fingerprint density at radius 2 is 1.34 bits per heavy atom. The number of benzene rings is 4. The number of para-hydroxylation sites is 1. The average molecular weight is 507 g/mol. The normalized spacial score (nSPS) is 12.0. The Labute approximate surface area is 218 Å². The van der Waals surface area contributed by atoms with Gasteiger partial charge in [-0.2, -0.15) is 0 Å². The summed E-state index contributed by atoms with van der Waals surface area (Å²) in [6.45, 7) is 5.97. The second-order valence-corrected chi connectivity index (χ2v) is 8.73. The van der Waals surface area contributed by atoms with Crippen LogP contribution in [0.25, 0.3) is 38.6 Å². The van der Waals surface area contributed by atoms with Crippen molar-refractivity contribution in [2.75, 3.05) is 5.32 Å². The van der Waals surface area contributed by atoms with Crippen molar-refractivity contribution in [1.29, 1.82) is 0 Å². The van der Waals surface area contributed by atoms with E-state index in [2.05, 4.69) is 40.7 Å². The van der Waals surface area contributed by atoms with Gasteiger partial charge in [0.25, 0.3) is 0 Å². The van der Waals surface area contributed by atoms with E-state index in [9.17, 15) is 25.5 Å². The minimum Gasteiger partial charge on any atom is -0.504 e. The van der Waals surface area contributed by atoms with Crippen molar-refractivity contribution < 1.29 is 25.5 Å². The number of phenolic OH excluding ortho intramolecular Hbond substituents is 5. The lowest BCUT2D eigenvalue weighted by Gasteiger charge is -2.13. The zero-order chi connectivity index (χ0) is 27.0. The van der Waals surface area contributed by atoms with Crippen molar-refractivity contribution in [2.24, 2.45) is 0 Å². The molecule has 0 aliphatic rings. The number of phenols is 5. The average Bonchev–Trinajstić information content (AvgIpc) is 3.26. The van der Waals surface area contributed by atoms with Crippen LogP contribution >= 0.6 is 0 Å². The molecule has 7 nitrogen and oxygen atoms in total. The third-order valence-corrected chi connectivity index (χ3v) is 6.43. The molecule has 190 valence electrons. The maximum absolute atomic E-state index is 10.2. The molecule has 0 bridgehead atoms. The first-order valence-corrected chi connectivity index (χ1v) is 11.9. The van der Waals surface area contributed by atoms with Crippen LogP contribution in [-0.2, 0) is 0 Å². The van der Waals surface area contributed by atoms with Crippen LogP contribution in [0.3, 0.4) is 0 Å². The van der Waals surface area contributed by atoms with E-state index in [0.717, 1.165) is 38.9 Å². The number of fused-ring (bicyclic) bond motifs is 3. The standard InChI is InChI=1S/C31H26N2O5/c1-3-5-8-21(4-2)33-24-10-7-6-9-22(24)23-17-20(15-16-25(23)33)32-19-13-11-18(12-14-19)26-27(34)29(36)31(38)30(37)28(26)35/h3-17,32,34-38H,2H2,1H3/b5-3-,21-8+. The molecule has 1 aromatic heterocycles. The molecule has 0 fully saturated rings. The lowest BCUT2D eigenvalue weighted by Crippen LogP contribution is -1.94. The molecule has 0 spiro atoms. The molecule has 4 aromatic carbocycles. The molecular formula is C31H26N2O5. The highest BCUT2D eigenvalue weighted by molar-refractivity contribution is 6.11. The summed E-state index contributed by atoms with van der Waals surface area (Å²) < 4.78 is 2.18. The Morgan fingerprint density at radius 3 is 2.00 bits per heavy atom. The van der Waals surface area contributed by atoms with E-state index in [4.69, 9.17) is 0 Å². The SMILES string of the molecule is C=C/C(=C\C=C/C)n1c2ccccc2c2cc(Nc3ccc(-c4c(O)c(O)c(O)c(O)c4O)cc3)ccc21. The molecular weight excluding hydrogens is 480 g/mol. The van der Waals surface area contributed by atoms with Crippen LogP contribution in [0.2, 0.25) is 0 Å². The minimum absolute atomic E-state index is 0.192. The van der Waals surface area contributed by atoms with Crippen LogP contribution in [0.4, 0.5) is 11.4 Å². The summed E-state index contributed by atoms with van der Waals surface area (Å²) in [6, 6.07) is 21.0. The summed E-state index contributed by atoms with van der Waals surface area (Å²) in [6.07, 6.45) is 7.82. The first-order chi connectivity index (χ1) is 18.3. The van der Waals surface area contributed by atoms with Gasteiger partial charge < -0.3 is 35.4 Å². The van der Waals surface area contributed by atoms with Crippen molar-refractivity contribution in [1.82, 2.24) is 4.57 Å². The molecule has 0 aliphatic heterocycles. The number of hydrogen-bond acceptors (Lipinski definition) is 6. The van der Waals surface area contributed by atoms with Gasteiger partial charge in [-0.05, 0) is 61.0 Å². The van der Waals surface area contributed by atoms with Crippen LogP contribution in [0.1, 0.15) is 6.92 Å². The highest BCUT2D eigenvalue weighted by atomic mass is 16.4. The van der Waals surface area contributed by atoms with Gasteiger partial charge in [0.1, 0.15) is 0 Å². The smallest absolute Gasteiger partial charge is 0.208 e. The topological polar surface area (TPSA) is 118 Å². The predicted octanol–water partition coefficient (Wildman–Crippen LogP) is 7.34. The fourth-order valence-electron chi connectivity index (χ4n) is 4.60. The summed E-state index contributed by atoms with van der Waals surface area (Å²) in [5.41, 5.74) is 4.81. The Morgan fingerprint density at radius 1 is 0.737 bits per heavy atom. The van der Waals surface area contributed by atoms with E-state index in [0.29, 0.717) is 5.56 Å². The van der Waals surface area contributed by atoms with Gasteiger partial charge in [-0.15, -0.1) is 0 Å². The Balaban J connectivity index is 1.53. The number of nitrogens with zero attached hydrogens (tertiary/aromatic N) is 1. The Bertz CT molecular complexity index is 1730. The van der Waals surface area contributed by atoms with E-state index >= 15 is 0 Å². The summed E-state index contributed by atoms with van der Waals surface area (Å²) in [4.78, 5) is 0. The lowest BCUT2D eigenvalue weighted by molar-refractivity contribution is 0.330. The maximum atomic E-state index is 10.2. The van der Waals surface area contributed by atoms with E-state index < -0.39 is 28.7 Å². The van der Waals surface area contributed by atoms with Gasteiger partial charge in [0.2, 0.25) is 17.2 Å². The van der Waals surface area contributed by atoms with Crippen molar-refractivity contribution in [3.8, 4) is 39.9 Å². The molecule has 38 heavy (non-hydrogen) atoms. The second-order valence-electron chi connectivity index (χ2n) is 8.73. The number of anilines is 2. The number of aromatic hydroxyl groups is 5. The third kappa shape index (κ3) is 3.96. The van der Waals surface area contributed by atoms with E-state index in [-0.39, 0.29) is 5.56 Å². The molecule has 0 amide bonds. The van der Waals surface area contributed by atoms with E-state index in [1.54, 1.807) is 24.3 Å². The first kappa shape index (κ1) is 24.4. The molecule has 5 rings (SSSR count). The van der Waals surface area contributed by atoms with Crippen molar-refractivity contribution in [2.45, 2.75) is 6.92 Å². The van der Waals surface area contributed by atoms with Gasteiger partial charge >= 0.3 is 0 Å². The quantitative estimate of drug-likeness (QED) is 0.0815. The third-order valence-electron chi connectivity index (χ3n) is 6.43. The van der Waals surface area contributed by atoms with Gasteiger partial charge in [0, 0.05) is 27.8 Å². The van der Waals surface area contributed by atoms with Gasteiger partial charge in [0.15, 0.2) is 11.5 Å². The van der Waals surface area contributed by atoms with Gasteiger partial charge in [-0.25, -0.2) is 0 Å². The number of rotatable bonds is 6. The van der Waals surface area contributed by atoms with Crippen LogP contribution in [0.15, 0.2) is 97.6 Å². The maximum Gasteiger partial charge on any atom is 0.208 e. The molecule has 5 aromatic rings. The number of aromatic nitrogens is 1. The molecule has 0 saturated heterocycles. The van der Waals surface area contributed by atoms with Crippen molar-refractivity contribution >= 4 is 38.9 Å². The van der Waals surface area contributed by atoms with Crippen LogP contribution in [-0.4, -0.2) is 30.1 Å². The molecule has 6 N–H and O–H groups in total. The van der Waals surface area contributed by atoms with Crippen LogP contribution in [0.5, 0.6) is 28.7 Å². The molecule has 0 unspecified atom stereocenters. The highest BCUT2D eigenvalue weighted by Gasteiger charge is 2.24. The van der Waals surface area contributed by atoms with Gasteiger partial charge in [0.05, 0.1) is 16.6 Å². The van der Waals surface area contributed by atoms with Crippen LogP contribution < -0.4 is 5.32 Å². The van der Waals surface area contributed by atoms with Crippen molar-refractivity contribution in [3.05, 3.63) is 97.6 Å². The molecule has 1 heterocycles. The Hall–Kier alpha value is -5.30. The first-order valence-electron chi connectivity index (χ1n) is 11.9. The number of allylic oxidation sites excluding steroid dienone is 5. The van der Waals surface area contributed by atoms with Gasteiger partial charge in [-0.1, -0.05) is 49.1 Å². The molecule has 0 aliphatic carbocycles. The summed E-state index contributed by atoms with van der Waals surface area (Å²) >= 11 is 0. The largest absolute Gasteiger partial charge is 0.504 e. The lowest BCUT2D eigenvalue weighted by atomic mass is 10.0.